The van der Waals surface area contributed by atoms with Crippen LogP contribution in [0.15, 0.2) is 36.3 Å². The van der Waals surface area contributed by atoms with Crippen LogP contribution in [-0.4, -0.2) is 55.3 Å². The molecule has 0 radical (unpaired) electrons. The predicted molar refractivity (Wildman–Crippen MR) is 117 cm³/mol. The molecule has 0 fully saturated rings. The molecule has 3 aromatic rings. The zero-order chi connectivity index (χ0) is 21.5. The quantitative estimate of drug-likeness (QED) is 0.550. The van der Waals surface area contributed by atoms with Gasteiger partial charge in [-0.1, -0.05) is 6.07 Å². The SMILES string of the molecule is CC(C)n1ncnc1-c1cn2c(n1)-c1ccc(C3=C(C(N)O)CNCC3)cc1OCC2. The highest BCUT2D eigenvalue weighted by atomic mass is 16.5. The fourth-order valence-electron chi connectivity index (χ4n) is 4.31. The van der Waals surface area contributed by atoms with Crippen LogP contribution in [0.1, 0.15) is 31.9 Å². The smallest absolute Gasteiger partial charge is 0.178 e. The van der Waals surface area contributed by atoms with E-state index < -0.39 is 6.23 Å². The number of ether oxygens (including phenoxy) is 1. The maximum absolute atomic E-state index is 10.00. The lowest BCUT2D eigenvalue weighted by atomic mass is 9.92. The first kappa shape index (κ1) is 19.9. The Morgan fingerprint density at radius 1 is 1.26 bits per heavy atom. The Hall–Kier alpha value is -3.01. The maximum atomic E-state index is 10.00. The summed E-state index contributed by atoms with van der Waals surface area (Å²) in [5.41, 5.74) is 10.5. The van der Waals surface area contributed by atoms with Gasteiger partial charge in [0.2, 0.25) is 0 Å². The summed E-state index contributed by atoms with van der Waals surface area (Å²) in [5, 5.41) is 17.6. The van der Waals surface area contributed by atoms with Gasteiger partial charge in [-0.25, -0.2) is 14.6 Å². The number of fused-ring (bicyclic) bond motifs is 3. The molecule has 2 aliphatic heterocycles. The number of nitrogens with zero attached hydrogens (tertiary/aromatic N) is 5. The van der Waals surface area contributed by atoms with Gasteiger partial charge in [-0.15, -0.1) is 0 Å². The van der Waals surface area contributed by atoms with Crippen LogP contribution in [0.5, 0.6) is 5.75 Å². The number of aliphatic hydroxyl groups excluding tert-OH is 1. The predicted octanol–water partition coefficient (Wildman–Crippen LogP) is 1.81. The van der Waals surface area contributed by atoms with Gasteiger partial charge in [0.1, 0.15) is 36.4 Å². The molecule has 1 atom stereocenters. The van der Waals surface area contributed by atoms with E-state index in [1.165, 1.54) is 0 Å². The molecule has 31 heavy (non-hydrogen) atoms. The lowest BCUT2D eigenvalue weighted by Crippen LogP contribution is -2.34. The van der Waals surface area contributed by atoms with E-state index in [9.17, 15) is 5.11 Å². The Morgan fingerprint density at radius 2 is 2.13 bits per heavy atom. The van der Waals surface area contributed by atoms with Crippen molar-refractivity contribution in [3.8, 4) is 28.7 Å². The molecule has 0 saturated heterocycles. The average molecular weight is 422 g/mol. The Labute approximate surface area is 180 Å². The highest BCUT2D eigenvalue weighted by Gasteiger charge is 2.24. The Balaban J connectivity index is 1.57. The van der Waals surface area contributed by atoms with Crippen molar-refractivity contribution in [1.82, 2.24) is 29.6 Å². The lowest BCUT2D eigenvalue weighted by Gasteiger charge is -2.24. The highest BCUT2D eigenvalue weighted by molar-refractivity contribution is 5.76. The Morgan fingerprint density at radius 3 is 2.94 bits per heavy atom. The molecule has 4 N–H and O–H groups in total. The first-order valence-electron chi connectivity index (χ1n) is 10.6. The van der Waals surface area contributed by atoms with Crippen LogP contribution in [0.2, 0.25) is 0 Å². The van der Waals surface area contributed by atoms with E-state index in [4.69, 9.17) is 15.5 Å². The molecule has 4 heterocycles. The number of hydrogen-bond donors (Lipinski definition) is 3. The number of nitrogens with one attached hydrogen (secondary N) is 1. The summed E-state index contributed by atoms with van der Waals surface area (Å²) in [6, 6.07) is 6.34. The van der Waals surface area contributed by atoms with E-state index in [1.54, 1.807) is 6.33 Å². The third-order valence-corrected chi connectivity index (χ3v) is 5.84. The van der Waals surface area contributed by atoms with Crippen molar-refractivity contribution in [3.05, 3.63) is 41.9 Å². The lowest BCUT2D eigenvalue weighted by molar-refractivity contribution is 0.215. The third-order valence-electron chi connectivity index (χ3n) is 5.84. The summed E-state index contributed by atoms with van der Waals surface area (Å²) < 4.78 is 10.1. The number of rotatable bonds is 4. The summed E-state index contributed by atoms with van der Waals surface area (Å²) in [4.78, 5) is 9.33. The van der Waals surface area contributed by atoms with Crippen LogP contribution >= 0.6 is 0 Å². The second-order valence-corrected chi connectivity index (χ2v) is 8.20. The minimum atomic E-state index is -0.970. The standard InChI is InChI=1S/C22H27N7O2/c1-13(2)29-22(25-12-26-29)18-11-28-7-8-31-19-9-14(3-4-16(19)21(28)27-18)15-5-6-24-10-17(15)20(23)30/h3-4,9,11-13,20,24,30H,5-8,10,23H2,1-2H3. The monoisotopic (exact) mass is 421 g/mol. The molecule has 0 saturated carbocycles. The molecule has 162 valence electrons. The van der Waals surface area contributed by atoms with E-state index >= 15 is 0 Å². The minimum Gasteiger partial charge on any atom is -0.491 e. The van der Waals surface area contributed by atoms with Gasteiger partial charge in [0, 0.05) is 18.8 Å². The highest BCUT2D eigenvalue weighted by Crippen LogP contribution is 2.37. The van der Waals surface area contributed by atoms with Gasteiger partial charge in [-0.05, 0) is 55.7 Å². The number of aromatic nitrogens is 5. The third kappa shape index (κ3) is 3.54. The summed E-state index contributed by atoms with van der Waals surface area (Å²) in [6.45, 7) is 6.84. The first-order valence-corrected chi connectivity index (χ1v) is 10.6. The van der Waals surface area contributed by atoms with Crippen molar-refractivity contribution in [2.45, 2.75) is 39.1 Å². The number of imidazole rings is 1. The first-order chi connectivity index (χ1) is 15.0. The molecular weight excluding hydrogens is 394 g/mol. The van der Waals surface area contributed by atoms with E-state index in [0.29, 0.717) is 19.7 Å². The molecule has 2 aromatic heterocycles. The normalized spacial score (nSPS) is 17.2. The molecule has 5 rings (SSSR count). The zero-order valence-corrected chi connectivity index (χ0v) is 17.7. The van der Waals surface area contributed by atoms with Crippen molar-refractivity contribution >= 4 is 5.57 Å². The second-order valence-electron chi connectivity index (χ2n) is 8.20. The largest absolute Gasteiger partial charge is 0.491 e. The van der Waals surface area contributed by atoms with Crippen LogP contribution in [-0.2, 0) is 6.54 Å². The molecule has 9 heteroatoms. The Bertz CT molecular complexity index is 1140. The van der Waals surface area contributed by atoms with Gasteiger partial charge in [-0.3, -0.25) is 0 Å². The molecule has 1 aromatic carbocycles. The van der Waals surface area contributed by atoms with Gasteiger partial charge in [0.05, 0.1) is 12.1 Å². The molecule has 1 unspecified atom stereocenters. The van der Waals surface area contributed by atoms with Crippen LogP contribution in [0.25, 0.3) is 28.5 Å². The van der Waals surface area contributed by atoms with E-state index in [1.807, 2.05) is 23.0 Å². The topological polar surface area (TPSA) is 116 Å². The van der Waals surface area contributed by atoms with Crippen molar-refractivity contribution < 1.29 is 9.84 Å². The van der Waals surface area contributed by atoms with E-state index in [-0.39, 0.29) is 6.04 Å². The summed E-state index contributed by atoms with van der Waals surface area (Å²) in [6.07, 6.45) is 3.43. The van der Waals surface area contributed by atoms with E-state index in [2.05, 4.69) is 39.9 Å². The summed E-state index contributed by atoms with van der Waals surface area (Å²) >= 11 is 0. The van der Waals surface area contributed by atoms with Crippen LogP contribution in [0, 0.1) is 0 Å². The van der Waals surface area contributed by atoms with E-state index in [0.717, 1.165) is 58.3 Å². The molecule has 9 nitrogen and oxygen atoms in total. The average Bonchev–Trinajstić information content (AvgIpc) is 3.38. The Kier molecular flexibility index (Phi) is 5.09. The van der Waals surface area contributed by atoms with Gasteiger partial charge in [-0.2, -0.15) is 5.10 Å². The molecule has 2 aliphatic rings. The molecule has 0 spiro atoms. The van der Waals surface area contributed by atoms with Crippen LogP contribution in [0.4, 0.5) is 0 Å². The van der Waals surface area contributed by atoms with Crippen molar-refractivity contribution in [2.24, 2.45) is 5.73 Å². The number of nitrogens with two attached hydrogens (primary N) is 1. The van der Waals surface area contributed by atoms with Gasteiger partial charge in [0.25, 0.3) is 0 Å². The molecule has 0 aliphatic carbocycles. The number of hydrogen-bond acceptors (Lipinski definition) is 7. The van der Waals surface area contributed by atoms with Gasteiger partial charge < -0.3 is 25.5 Å². The molecule has 0 amide bonds. The van der Waals surface area contributed by atoms with Gasteiger partial charge >= 0.3 is 0 Å². The van der Waals surface area contributed by atoms with Crippen molar-refractivity contribution in [2.75, 3.05) is 19.7 Å². The summed E-state index contributed by atoms with van der Waals surface area (Å²) in [7, 11) is 0. The van der Waals surface area contributed by atoms with Crippen molar-refractivity contribution in [3.63, 3.8) is 0 Å². The number of aliphatic hydroxyl groups is 1. The zero-order valence-electron chi connectivity index (χ0n) is 17.7. The number of benzene rings is 1. The molecule has 0 bridgehead atoms. The van der Waals surface area contributed by atoms with Gasteiger partial charge in [0.15, 0.2) is 5.82 Å². The minimum absolute atomic E-state index is 0.197. The van der Waals surface area contributed by atoms with Crippen LogP contribution < -0.4 is 15.8 Å². The second kappa shape index (κ2) is 7.92. The fraction of sp³-hybridized carbons (Fsp3) is 0.409. The van der Waals surface area contributed by atoms with Crippen molar-refractivity contribution in [1.29, 1.82) is 0 Å². The summed E-state index contributed by atoms with van der Waals surface area (Å²) in [5.74, 6) is 2.40. The molecular formula is C22H27N7O2. The van der Waals surface area contributed by atoms with Crippen LogP contribution in [0.3, 0.4) is 0 Å². The maximum Gasteiger partial charge on any atom is 0.178 e. The fourth-order valence-corrected chi connectivity index (χ4v) is 4.31.